The van der Waals surface area contributed by atoms with Gasteiger partial charge >= 0.3 is 0 Å². The second-order valence-corrected chi connectivity index (χ2v) is 9.61. The Bertz CT molecular complexity index is 542. The Morgan fingerprint density at radius 2 is 1.96 bits per heavy atom. The second-order valence-electron chi connectivity index (χ2n) is 9.61. The van der Waals surface area contributed by atoms with E-state index < -0.39 is 0 Å². The number of fused-ring (bicyclic) bond motifs is 1. The average Bonchev–Trinajstić information content (AvgIpc) is 2.53. The highest BCUT2D eigenvalue weighted by atomic mass is 16.4. The van der Waals surface area contributed by atoms with Gasteiger partial charge in [0.05, 0.1) is 5.71 Å². The molecule has 0 bridgehead atoms. The van der Waals surface area contributed by atoms with E-state index >= 15 is 0 Å². The molecule has 2 nitrogen and oxygen atoms in total. The van der Waals surface area contributed by atoms with E-state index in [1.807, 2.05) is 6.92 Å². The van der Waals surface area contributed by atoms with E-state index in [9.17, 15) is 0 Å². The van der Waals surface area contributed by atoms with Crippen LogP contribution in [0.15, 0.2) is 29.0 Å². The molecule has 0 aromatic heterocycles. The van der Waals surface area contributed by atoms with Gasteiger partial charge in [-0.2, -0.15) is 0 Å². The highest BCUT2D eigenvalue weighted by Crippen LogP contribution is 2.61. The van der Waals surface area contributed by atoms with Gasteiger partial charge in [-0.1, -0.05) is 56.1 Å². The molecule has 2 saturated carbocycles. The SMILES string of the molecule is C=C1CC[C@@H]2C(C)(C)CCC[C@]2(C)[C@@H]1CC/C(C)=C\CC/C(C)=N/O. The summed E-state index contributed by atoms with van der Waals surface area (Å²) in [6.07, 6.45) is 13.3. The van der Waals surface area contributed by atoms with E-state index in [0.717, 1.165) is 24.5 Å². The van der Waals surface area contributed by atoms with Gasteiger partial charge in [0.15, 0.2) is 0 Å². The van der Waals surface area contributed by atoms with Crippen LogP contribution in [-0.4, -0.2) is 10.9 Å². The van der Waals surface area contributed by atoms with Gasteiger partial charge < -0.3 is 5.21 Å². The van der Waals surface area contributed by atoms with Crippen LogP contribution in [0.25, 0.3) is 0 Å². The number of oxime groups is 1. The third kappa shape index (κ3) is 4.57. The summed E-state index contributed by atoms with van der Waals surface area (Å²) in [6.45, 7) is 16.2. The number of allylic oxidation sites excluding steroid dienone is 3. The Labute approximate surface area is 155 Å². The predicted octanol–water partition coefficient (Wildman–Crippen LogP) is 7.14. The van der Waals surface area contributed by atoms with Crippen LogP contribution < -0.4 is 0 Å². The largest absolute Gasteiger partial charge is 0.411 e. The van der Waals surface area contributed by atoms with Crippen LogP contribution in [0.4, 0.5) is 0 Å². The minimum absolute atomic E-state index is 0.442. The smallest absolute Gasteiger partial charge is 0.0543 e. The van der Waals surface area contributed by atoms with Crippen LogP contribution in [-0.2, 0) is 0 Å². The fraction of sp³-hybridized carbons (Fsp3) is 0.783. The number of hydrogen-bond donors (Lipinski definition) is 1. The molecule has 0 unspecified atom stereocenters. The van der Waals surface area contributed by atoms with Crippen molar-refractivity contribution in [3.63, 3.8) is 0 Å². The Kier molecular flexibility index (Phi) is 6.56. The van der Waals surface area contributed by atoms with Crippen molar-refractivity contribution in [3.05, 3.63) is 23.8 Å². The van der Waals surface area contributed by atoms with Gasteiger partial charge in [0, 0.05) is 0 Å². The van der Waals surface area contributed by atoms with Gasteiger partial charge in [0.25, 0.3) is 0 Å². The Morgan fingerprint density at radius 3 is 2.64 bits per heavy atom. The van der Waals surface area contributed by atoms with E-state index in [2.05, 4.69) is 45.5 Å². The summed E-state index contributed by atoms with van der Waals surface area (Å²) >= 11 is 0. The molecule has 0 amide bonds. The zero-order valence-electron chi connectivity index (χ0n) is 17.2. The number of hydrogen-bond acceptors (Lipinski definition) is 2. The molecule has 2 fully saturated rings. The zero-order valence-corrected chi connectivity index (χ0v) is 17.2. The molecule has 2 aliphatic rings. The lowest BCUT2D eigenvalue weighted by Crippen LogP contribution is -2.49. The molecule has 0 aromatic carbocycles. The lowest BCUT2D eigenvalue weighted by Gasteiger charge is -2.58. The monoisotopic (exact) mass is 345 g/mol. The van der Waals surface area contributed by atoms with Gasteiger partial charge in [0.2, 0.25) is 0 Å². The van der Waals surface area contributed by atoms with Crippen LogP contribution in [0, 0.1) is 22.7 Å². The molecule has 0 aromatic rings. The third-order valence-corrected chi connectivity index (χ3v) is 7.32. The fourth-order valence-electron chi connectivity index (χ4n) is 5.86. The highest BCUT2D eigenvalue weighted by molar-refractivity contribution is 5.81. The van der Waals surface area contributed by atoms with Gasteiger partial charge in [0.1, 0.15) is 0 Å². The zero-order chi connectivity index (χ0) is 18.7. The van der Waals surface area contributed by atoms with Crippen molar-refractivity contribution >= 4 is 5.71 Å². The van der Waals surface area contributed by atoms with Gasteiger partial charge in [-0.05, 0) is 87.9 Å². The molecule has 0 spiro atoms. The maximum Gasteiger partial charge on any atom is 0.0543 e. The first kappa shape index (κ1) is 20.3. The lowest BCUT2D eigenvalue weighted by atomic mass is 9.47. The summed E-state index contributed by atoms with van der Waals surface area (Å²) in [5.74, 6) is 1.52. The van der Waals surface area contributed by atoms with Crippen LogP contribution in [0.3, 0.4) is 0 Å². The van der Waals surface area contributed by atoms with Crippen molar-refractivity contribution < 1.29 is 5.21 Å². The molecule has 0 aliphatic heterocycles. The molecule has 2 aliphatic carbocycles. The fourth-order valence-corrected chi connectivity index (χ4v) is 5.86. The van der Waals surface area contributed by atoms with Crippen LogP contribution >= 0.6 is 0 Å². The summed E-state index contributed by atoms with van der Waals surface area (Å²) < 4.78 is 0. The molecular formula is C23H39NO. The first-order valence-electron chi connectivity index (χ1n) is 10.2. The molecule has 0 saturated heterocycles. The van der Waals surface area contributed by atoms with E-state index in [1.54, 1.807) is 0 Å². The quantitative estimate of drug-likeness (QED) is 0.236. The topological polar surface area (TPSA) is 32.6 Å². The normalized spacial score (nSPS) is 33.2. The lowest BCUT2D eigenvalue weighted by molar-refractivity contribution is -0.0539. The molecule has 25 heavy (non-hydrogen) atoms. The van der Waals surface area contributed by atoms with Crippen LogP contribution in [0.5, 0.6) is 0 Å². The van der Waals surface area contributed by atoms with Crippen molar-refractivity contribution in [1.29, 1.82) is 0 Å². The first-order chi connectivity index (χ1) is 11.7. The summed E-state index contributed by atoms with van der Waals surface area (Å²) in [6, 6.07) is 0. The van der Waals surface area contributed by atoms with E-state index in [0.29, 0.717) is 16.7 Å². The third-order valence-electron chi connectivity index (χ3n) is 7.32. The Hall–Kier alpha value is -1.05. The number of rotatable bonds is 6. The summed E-state index contributed by atoms with van der Waals surface area (Å²) in [7, 11) is 0. The molecule has 1 N–H and O–H groups in total. The molecule has 0 radical (unpaired) electrons. The van der Waals surface area contributed by atoms with Crippen molar-refractivity contribution in [3.8, 4) is 0 Å². The summed E-state index contributed by atoms with van der Waals surface area (Å²) in [5.41, 5.74) is 4.71. The molecule has 2 rings (SSSR count). The maximum atomic E-state index is 8.74. The summed E-state index contributed by atoms with van der Waals surface area (Å²) in [5, 5.41) is 12.0. The van der Waals surface area contributed by atoms with Crippen LogP contribution in [0.2, 0.25) is 0 Å². The molecule has 142 valence electrons. The Balaban J connectivity index is 2.02. The van der Waals surface area contributed by atoms with E-state index in [4.69, 9.17) is 5.21 Å². The molecular weight excluding hydrogens is 306 g/mol. The number of nitrogens with zero attached hydrogens (tertiary/aromatic N) is 1. The minimum Gasteiger partial charge on any atom is -0.411 e. The van der Waals surface area contributed by atoms with Gasteiger partial charge in [-0.15, -0.1) is 0 Å². The van der Waals surface area contributed by atoms with Crippen LogP contribution in [0.1, 0.15) is 92.4 Å². The average molecular weight is 346 g/mol. The predicted molar refractivity (Wildman–Crippen MR) is 108 cm³/mol. The van der Waals surface area contributed by atoms with Gasteiger partial charge in [-0.3, -0.25) is 0 Å². The standard InChI is InChI=1S/C23H39NO/c1-17(9-7-10-19(3)24-25)11-13-20-18(2)12-14-21-22(4,5)15-8-16-23(20,21)6/h9,20-21,25H,2,7-8,10-16H2,1,3-6H3/b17-9-,24-19+/t20-,21-,23-/m1/s1. The van der Waals surface area contributed by atoms with Crippen molar-refractivity contribution in [2.75, 3.05) is 0 Å². The summed E-state index contributed by atoms with van der Waals surface area (Å²) in [4.78, 5) is 0. The minimum atomic E-state index is 0.442. The van der Waals surface area contributed by atoms with Gasteiger partial charge in [-0.25, -0.2) is 0 Å². The highest BCUT2D eigenvalue weighted by Gasteiger charge is 2.52. The van der Waals surface area contributed by atoms with Crippen molar-refractivity contribution in [1.82, 2.24) is 0 Å². The van der Waals surface area contributed by atoms with Crippen molar-refractivity contribution in [2.45, 2.75) is 92.4 Å². The molecule has 2 heteroatoms. The van der Waals surface area contributed by atoms with E-state index in [1.165, 1.54) is 56.1 Å². The first-order valence-corrected chi connectivity index (χ1v) is 10.2. The van der Waals surface area contributed by atoms with Crippen molar-refractivity contribution in [2.24, 2.45) is 27.8 Å². The molecule has 3 atom stereocenters. The maximum absolute atomic E-state index is 8.74. The molecule has 0 heterocycles. The van der Waals surface area contributed by atoms with E-state index in [-0.39, 0.29) is 0 Å². The second kappa shape index (κ2) is 8.10. The Morgan fingerprint density at radius 1 is 1.24 bits per heavy atom.